The van der Waals surface area contributed by atoms with Crippen molar-refractivity contribution in [1.29, 1.82) is 0 Å². The van der Waals surface area contributed by atoms with Crippen LogP contribution in [0.15, 0.2) is 30.3 Å². The number of alkyl halides is 3. The molecule has 0 aliphatic carbocycles. The average Bonchev–Trinajstić information content (AvgIpc) is 2.82. The number of para-hydroxylation sites is 1. The number of carbonyl (C=O) groups is 1. The van der Waals surface area contributed by atoms with Crippen molar-refractivity contribution in [1.82, 2.24) is 9.78 Å². The molecule has 0 amide bonds. The molecule has 0 aliphatic heterocycles. The topological polar surface area (TPSA) is 53.4 Å². The van der Waals surface area contributed by atoms with E-state index in [9.17, 15) is 18.0 Å². The van der Waals surface area contributed by atoms with E-state index in [2.05, 4.69) is 9.84 Å². The van der Waals surface area contributed by atoms with Gasteiger partial charge in [0.25, 0.3) is 0 Å². The number of halogens is 3. The van der Waals surface area contributed by atoms with Gasteiger partial charge < -0.3 is 9.47 Å². The third kappa shape index (κ3) is 3.21. The van der Waals surface area contributed by atoms with E-state index in [0.717, 1.165) is 11.8 Å². The molecule has 0 fully saturated rings. The van der Waals surface area contributed by atoms with Crippen molar-refractivity contribution in [3.8, 4) is 11.4 Å². The lowest BCUT2D eigenvalue weighted by Gasteiger charge is -2.08. The van der Waals surface area contributed by atoms with Crippen molar-refractivity contribution in [3.63, 3.8) is 0 Å². The van der Waals surface area contributed by atoms with Crippen molar-refractivity contribution in [2.45, 2.75) is 13.1 Å². The molecule has 8 heteroatoms. The molecule has 2 aromatic rings. The highest BCUT2D eigenvalue weighted by Gasteiger charge is 2.40. The summed E-state index contributed by atoms with van der Waals surface area (Å²) < 4.78 is 49.7. The van der Waals surface area contributed by atoms with E-state index in [0.29, 0.717) is 5.69 Å². The van der Waals surface area contributed by atoms with Gasteiger partial charge >= 0.3 is 12.1 Å². The summed E-state index contributed by atoms with van der Waals surface area (Å²) in [5.41, 5.74) is -0.585. The average molecular weight is 314 g/mol. The molecule has 5 nitrogen and oxygen atoms in total. The number of ether oxygens (including phenoxy) is 2. The first kappa shape index (κ1) is 15.9. The Balaban J connectivity index is 2.46. The molecule has 1 aromatic carbocycles. The molecule has 2 rings (SSSR count). The normalized spacial score (nSPS) is 11.3. The fourth-order valence-corrected chi connectivity index (χ4v) is 1.86. The quantitative estimate of drug-likeness (QED) is 0.814. The summed E-state index contributed by atoms with van der Waals surface area (Å²) in [7, 11) is 1.12. The Kier molecular flexibility index (Phi) is 4.39. The maximum absolute atomic E-state index is 13.1. The molecule has 1 aromatic heterocycles. The van der Waals surface area contributed by atoms with E-state index in [1.165, 1.54) is 6.92 Å². The van der Waals surface area contributed by atoms with E-state index >= 15 is 0 Å². The highest BCUT2D eigenvalue weighted by Crippen LogP contribution is 2.38. The molecule has 0 saturated carbocycles. The summed E-state index contributed by atoms with van der Waals surface area (Å²) in [6.07, 6.45) is -4.70. The second kappa shape index (κ2) is 6.08. The minimum atomic E-state index is -4.70. The van der Waals surface area contributed by atoms with Gasteiger partial charge in [-0.25, -0.2) is 9.48 Å². The van der Waals surface area contributed by atoms with Crippen LogP contribution in [0, 0.1) is 6.92 Å². The van der Waals surface area contributed by atoms with Crippen molar-refractivity contribution >= 4 is 5.97 Å². The fourth-order valence-electron chi connectivity index (χ4n) is 1.86. The summed E-state index contributed by atoms with van der Waals surface area (Å²) in [4.78, 5) is 11.1. The number of esters is 1. The molecule has 0 unspecified atom stereocenters. The number of benzene rings is 1. The summed E-state index contributed by atoms with van der Waals surface area (Å²) in [6, 6.07) is 8.33. The van der Waals surface area contributed by atoms with Crippen molar-refractivity contribution in [2.24, 2.45) is 0 Å². The highest BCUT2D eigenvalue weighted by molar-refractivity contribution is 5.71. The Labute approximate surface area is 124 Å². The number of carbonyl (C=O) groups excluding carboxylic acids is 1. The van der Waals surface area contributed by atoms with Crippen molar-refractivity contribution in [2.75, 3.05) is 13.7 Å². The van der Waals surface area contributed by atoms with Crippen LogP contribution in [0.3, 0.4) is 0 Å². The van der Waals surface area contributed by atoms with Gasteiger partial charge in [0, 0.05) is 0 Å². The molecule has 0 spiro atoms. The number of methoxy groups -OCH3 is 1. The lowest BCUT2D eigenvalue weighted by atomic mass is 10.3. The van der Waals surface area contributed by atoms with Gasteiger partial charge in [-0.2, -0.15) is 18.3 Å². The van der Waals surface area contributed by atoms with Gasteiger partial charge in [0.2, 0.25) is 5.69 Å². The van der Waals surface area contributed by atoms with Gasteiger partial charge in [0.1, 0.15) is 0 Å². The second-order valence-corrected chi connectivity index (χ2v) is 4.37. The molecule has 118 valence electrons. The first-order valence-corrected chi connectivity index (χ1v) is 6.26. The van der Waals surface area contributed by atoms with Gasteiger partial charge in [0.15, 0.2) is 12.4 Å². The van der Waals surface area contributed by atoms with E-state index in [1.807, 2.05) is 0 Å². The number of hydrogen-bond donors (Lipinski definition) is 0. The van der Waals surface area contributed by atoms with Gasteiger partial charge in [-0.1, -0.05) is 18.2 Å². The fraction of sp³-hybridized carbons (Fsp3) is 0.286. The number of rotatable bonds is 4. The predicted octanol–water partition coefficient (Wildman–Crippen LogP) is 2.75. The molecule has 1 heterocycles. The summed E-state index contributed by atoms with van der Waals surface area (Å²) >= 11 is 0. The zero-order chi connectivity index (χ0) is 16.3. The third-order valence-corrected chi connectivity index (χ3v) is 2.89. The first-order chi connectivity index (χ1) is 10.3. The van der Waals surface area contributed by atoms with Crippen molar-refractivity contribution in [3.05, 3.63) is 41.7 Å². The molecule has 22 heavy (non-hydrogen) atoms. The van der Waals surface area contributed by atoms with Crippen LogP contribution < -0.4 is 4.74 Å². The number of aromatic nitrogens is 2. The zero-order valence-corrected chi connectivity index (χ0v) is 11.8. The Morgan fingerprint density at radius 3 is 2.45 bits per heavy atom. The standard InChI is InChI=1S/C14H13F3N2O3/c1-9-12(22-8-11(20)21-2)13(14(15,16)17)18-19(9)10-6-4-3-5-7-10/h3-7H,8H2,1-2H3. The highest BCUT2D eigenvalue weighted by atomic mass is 19.4. The molecule has 0 atom stereocenters. The smallest absolute Gasteiger partial charge is 0.438 e. The van der Waals surface area contributed by atoms with Crippen LogP contribution in [0.5, 0.6) is 5.75 Å². The number of hydrogen-bond acceptors (Lipinski definition) is 4. The van der Waals surface area contributed by atoms with Crippen LogP contribution in [-0.2, 0) is 15.7 Å². The summed E-state index contributed by atoms with van der Waals surface area (Å²) in [5, 5.41) is 3.57. The van der Waals surface area contributed by atoms with E-state index in [-0.39, 0.29) is 5.69 Å². The van der Waals surface area contributed by atoms with Crippen LogP contribution in [0.1, 0.15) is 11.4 Å². The second-order valence-electron chi connectivity index (χ2n) is 4.37. The minimum Gasteiger partial charge on any atom is -0.478 e. The largest absolute Gasteiger partial charge is 0.478 e. The van der Waals surface area contributed by atoms with E-state index in [1.54, 1.807) is 30.3 Å². The van der Waals surface area contributed by atoms with Crippen molar-refractivity contribution < 1.29 is 27.4 Å². The van der Waals surface area contributed by atoms with Gasteiger partial charge in [-0.3, -0.25) is 0 Å². The monoisotopic (exact) mass is 314 g/mol. The van der Waals surface area contributed by atoms with Gasteiger partial charge in [-0.05, 0) is 19.1 Å². The molecule has 0 saturated heterocycles. The maximum atomic E-state index is 13.1. The lowest BCUT2D eigenvalue weighted by molar-refractivity contribution is -0.147. The van der Waals surface area contributed by atoms with E-state index < -0.39 is 30.2 Å². The molecule has 0 aliphatic rings. The van der Waals surface area contributed by atoms with Crippen LogP contribution in [0.2, 0.25) is 0 Å². The lowest BCUT2D eigenvalue weighted by Crippen LogP contribution is -2.15. The molecule has 0 bridgehead atoms. The van der Waals surface area contributed by atoms with E-state index in [4.69, 9.17) is 4.74 Å². The summed E-state index contributed by atoms with van der Waals surface area (Å²) in [5.74, 6) is -1.26. The first-order valence-electron chi connectivity index (χ1n) is 6.26. The van der Waals surface area contributed by atoms with Crippen LogP contribution in [0.4, 0.5) is 13.2 Å². The Morgan fingerprint density at radius 1 is 1.27 bits per heavy atom. The number of nitrogens with zero attached hydrogens (tertiary/aromatic N) is 2. The Bertz CT molecular complexity index is 666. The minimum absolute atomic E-state index is 0.141. The van der Waals surface area contributed by atoms with Crippen LogP contribution in [-0.4, -0.2) is 29.5 Å². The SMILES string of the molecule is COC(=O)COc1c(C(F)(F)F)nn(-c2ccccc2)c1C. The molecular weight excluding hydrogens is 301 g/mol. The predicted molar refractivity (Wildman–Crippen MR) is 70.8 cm³/mol. The van der Waals surface area contributed by atoms with Gasteiger partial charge in [-0.15, -0.1) is 0 Å². The Morgan fingerprint density at radius 2 is 1.91 bits per heavy atom. The molecule has 0 N–H and O–H groups in total. The molecular formula is C14H13F3N2O3. The summed E-state index contributed by atoms with van der Waals surface area (Å²) in [6.45, 7) is 0.808. The third-order valence-electron chi connectivity index (χ3n) is 2.89. The maximum Gasteiger partial charge on any atom is 0.438 e. The molecule has 0 radical (unpaired) electrons. The van der Waals surface area contributed by atoms with Crippen LogP contribution in [0.25, 0.3) is 5.69 Å². The van der Waals surface area contributed by atoms with Crippen LogP contribution >= 0.6 is 0 Å². The zero-order valence-electron chi connectivity index (χ0n) is 11.8. The Hall–Kier alpha value is -2.51. The van der Waals surface area contributed by atoms with Gasteiger partial charge in [0.05, 0.1) is 18.5 Å².